The fourth-order valence-corrected chi connectivity index (χ4v) is 1.85. The van der Waals surface area contributed by atoms with Gasteiger partial charge in [-0.05, 0) is 24.3 Å². The van der Waals surface area contributed by atoms with E-state index < -0.39 is 0 Å². The van der Waals surface area contributed by atoms with Crippen LogP contribution in [0.3, 0.4) is 0 Å². The summed E-state index contributed by atoms with van der Waals surface area (Å²) in [5.41, 5.74) is 1.40. The summed E-state index contributed by atoms with van der Waals surface area (Å²) in [6.45, 7) is 2.21. The zero-order valence-corrected chi connectivity index (χ0v) is 8.93. The first-order valence-electron chi connectivity index (χ1n) is 4.96. The van der Waals surface area contributed by atoms with Gasteiger partial charge < -0.3 is 0 Å². The molecular formula is C12H17Cl. The number of benzene rings is 1. The predicted molar refractivity (Wildman–Crippen MR) is 59.3 cm³/mol. The molecule has 0 saturated carbocycles. The van der Waals surface area contributed by atoms with Crippen molar-refractivity contribution in [3.8, 4) is 0 Å². The summed E-state index contributed by atoms with van der Waals surface area (Å²) in [6, 6.07) is 10.6. The van der Waals surface area contributed by atoms with Gasteiger partial charge in [-0.1, -0.05) is 43.7 Å². The molecule has 0 aliphatic rings. The van der Waals surface area contributed by atoms with Gasteiger partial charge in [0.25, 0.3) is 0 Å². The standard InChI is InChI=1S/C12H17Cl/c1-2-6-12(10-13)9-11-7-4-3-5-8-11/h3-5,7-8,12H,2,6,9-10H2,1H3. The fourth-order valence-electron chi connectivity index (χ4n) is 1.59. The third-order valence-electron chi connectivity index (χ3n) is 2.28. The van der Waals surface area contributed by atoms with Crippen molar-refractivity contribution in [2.45, 2.75) is 26.2 Å². The number of alkyl halides is 1. The Morgan fingerprint density at radius 2 is 1.92 bits per heavy atom. The van der Waals surface area contributed by atoms with Crippen molar-refractivity contribution < 1.29 is 0 Å². The second-order valence-corrected chi connectivity index (χ2v) is 3.81. The molecule has 0 bridgehead atoms. The van der Waals surface area contributed by atoms with Gasteiger partial charge in [-0.2, -0.15) is 0 Å². The van der Waals surface area contributed by atoms with E-state index in [4.69, 9.17) is 11.6 Å². The van der Waals surface area contributed by atoms with Gasteiger partial charge in [0.05, 0.1) is 0 Å². The quantitative estimate of drug-likeness (QED) is 0.627. The van der Waals surface area contributed by atoms with Crippen LogP contribution in [0.2, 0.25) is 0 Å². The molecule has 0 aliphatic carbocycles. The summed E-state index contributed by atoms with van der Waals surface area (Å²) in [5, 5.41) is 0. The molecule has 1 aromatic carbocycles. The molecule has 1 atom stereocenters. The van der Waals surface area contributed by atoms with Gasteiger partial charge in [0.2, 0.25) is 0 Å². The Kier molecular flexibility index (Phi) is 4.92. The SMILES string of the molecule is CCCC(CCl)Cc1ccccc1. The first kappa shape index (κ1) is 10.6. The minimum absolute atomic E-state index is 0.647. The summed E-state index contributed by atoms with van der Waals surface area (Å²) < 4.78 is 0. The Balaban J connectivity index is 2.46. The molecule has 1 rings (SSSR count). The van der Waals surface area contributed by atoms with E-state index in [9.17, 15) is 0 Å². The Morgan fingerprint density at radius 3 is 2.46 bits per heavy atom. The molecule has 1 heteroatoms. The van der Waals surface area contributed by atoms with Crippen molar-refractivity contribution >= 4 is 11.6 Å². The Labute approximate surface area is 85.9 Å². The normalized spacial score (nSPS) is 12.8. The van der Waals surface area contributed by atoms with Gasteiger partial charge in [-0.3, -0.25) is 0 Å². The average Bonchev–Trinajstić information content (AvgIpc) is 2.19. The third-order valence-corrected chi connectivity index (χ3v) is 2.72. The topological polar surface area (TPSA) is 0 Å². The third kappa shape index (κ3) is 3.82. The van der Waals surface area contributed by atoms with E-state index in [1.807, 2.05) is 0 Å². The number of hydrogen-bond donors (Lipinski definition) is 0. The molecule has 0 saturated heterocycles. The summed E-state index contributed by atoms with van der Waals surface area (Å²) in [7, 11) is 0. The largest absolute Gasteiger partial charge is 0.126 e. The molecule has 0 N–H and O–H groups in total. The first-order chi connectivity index (χ1) is 6.36. The molecule has 72 valence electrons. The molecule has 0 heterocycles. The lowest BCUT2D eigenvalue weighted by atomic mass is 9.97. The highest BCUT2D eigenvalue weighted by Gasteiger charge is 2.06. The van der Waals surface area contributed by atoms with E-state index in [1.54, 1.807) is 0 Å². The molecule has 0 aromatic heterocycles. The Bertz CT molecular complexity index is 218. The molecule has 0 amide bonds. The van der Waals surface area contributed by atoms with Crippen molar-refractivity contribution in [2.75, 3.05) is 5.88 Å². The van der Waals surface area contributed by atoms with Crippen LogP contribution < -0.4 is 0 Å². The van der Waals surface area contributed by atoms with E-state index in [2.05, 4.69) is 37.3 Å². The summed E-state index contributed by atoms with van der Waals surface area (Å²) in [5.74, 6) is 1.43. The molecule has 0 fully saturated rings. The van der Waals surface area contributed by atoms with Crippen LogP contribution >= 0.6 is 11.6 Å². The van der Waals surface area contributed by atoms with Crippen molar-refractivity contribution in [1.82, 2.24) is 0 Å². The van der Waals surface area contributed by atoms with E-state index in [0.29, 0.717) is 5.92 Å². The molecule has 0 spiro atoms. The monoisotopic (exact) mass is 196 g/mol. The van der Waals surface area contributed by atoms with Crippen LogP contribution in [-0.4, -0.2) is 5.88 Å². The maximum Gasteiger partial charge on any atom is 0.0254 e. The minimum Gasteiger partial charge on any atom is -0.126 e. The highest BCUT2D eigenvalue weighted by Crippen LogP contribution is 2.15. The van der Waals surface area contributed by atoms with Gasteiger partial charge in [-0.25, -0.2) is 0 Å². The molecule has 0 nitrogen and oxygen atoms in total. The van der Waals surface area contributed by atoms with Crippen LogP contribution in [0.15, 0.2) is 30.3 Å². The van der Waals surface area contributed by atoms with Crippen LogP contribution in [-0.2, 0) is 6.42 Å². The fraction of sp³-hybridized carbons (Fsp3) is 0.500. The first-order valence-corrected chi connectivity index (χ1v) is 5.50. The van der Waals surface area contributed by atoms with Crippen LogP contribution in [0.4, 0.5) is 0 Å². The van der Waals surface area contributed by atoms with Crippen LogP contribution in [0.1, 0.15) is 25.3 Å². The van der Waals surface area contributed by atoms with Gasteiger partial charge >= 0.3 is 0 Å². The van der Waals surface area contributed by atoms with Crippen LogP contribution in [0.5, 0.6) is 0 Å². The lowest BCUT2D eigenvalue weighted by molar-refractivity contribution is 0.528. The average molecular weight is 197 g/mol. The maximum atomic E-state index is 5.90. The minimum atomic E-state index is 0.647. The van der Waals surface area contributed by atoms with E-state index in [-0.39, 0.29) is 0 Å². The van der Waals surface area contributed by atoms with Gasteiger partial charge in [0.1, 0.15) is 0 Å². The van der Waals surface area contributed by atoms with E-state index in [1.165, 1.54) is 18.4 Å². The Morgan fingerprint density at radius 1 is 1.23 bits per heavy atom. The summed E-state index contributed by atoms with van der Waals surface area (Å²) >= 11 is 5.90. The van der Waals surface area contributed by atoms with Gasteiger partial charge in [0.15, 0.2) is 0 Å². The molecule has 13 heavy (non-hydrogen) atoms. The molecule has 0 aliphatic heterocycles. The van der Waals surface area contributed by atoms with E-state index in [0.717, 1.165) is 12.3 Å². The number of halogens is 1. The zero-order valence-electron chi connectivity index (χ0n) is 8.17. The highest BCUT2D eigenvalue weighted by atomic mass is 35.5. The van der Waals surface area contributed by atoms with Crippen molar-refractivity contribution in [1.29, 1.82) is 0 Å². The van der Waals surface area contributed by atoms with Crippen LogP contribution in [0, 0.1) is 5.92 Å². The molecule has 1 unspecified atom stereocenters. The van der Waals surface area contributed by atoms with Crippen molar-refractivity contribution in [3.63, 3.8) is 0 Å². The Hall–Kier alpha value is -0.490. The second kappa shape index (κ2) is 6.04. The highest BCUT2D eigenvalue weighted by molar-refractivity contribution is 6.18. The lowest BCUT2D eigenvalue weighted by Gasteiger charge is -2.11. The number of hydrogen-bond acceptors (Lipinski definition) is 0. The molecular weight excluding hydrogens is 180 g/mol. The van der Waals surface area contributed by atoms with Crippen LogP contribution in [0.25, 0.3) is 0 Å². The number of rotatable bonds is 5. The predicted octanol–water partition coefficient (Wildman–Crippen LogP) is 3.88. The van der Waals surface area contributed by atoms with Crippen molar-refractivity contribution in [2.24, 2.45) is 5.92 Å². The van der Waals surface area contributed by atoms with Gasteiger partial charge in [0, 0.05) is 5.88 Å². The lowest BCUT2D eigenvalue weighted by Crippen LogP contribution is -2.05. The summed E-state index contributed by atoms with van der Waals surface area (Å²) in [4.78, 5) is 0. The summed E-state index contributed by atoms with van der Waals surface area (Å²) in [6.07, 6.45) is 3.58. The second-order valence-electron chi connectivity index (χ2n) is 3.50. The zero-order chi connectivity index (χ0) is 9.52. The molecule has 0 radical (unpaired) electrons. The van der Waals surface area contributed by atoms with E-state index >= 15 is 0 Å². The van der Waals surface area contributed by atoms with Gasteiger partial charge in [-0.15, -0.1) is 11.6 Å². The smallest absolute Gasteiger partial charge is 0.0254 e. The maximum absolute atomic E-state index is 5.90. The van der Waals surface area contributed by atoms with Crippen molar-refractivity contribution in [3.05, 3.63) is 35.9 Å². The molecule has 1 aromatic rings.